The number of benzene rings is 1. The molecule has 7 nitrogen and oxygen atoms in total. The molecule has 0 atom stereocenters. The monoisotopic (exact) mass is 250 g/mol. The predicted molar refractivity (Wildman–Crippen MR) is 65.5 cm³/mol. The van der Waals surface area contributed by atoms with Crippen molar-refractivity contribution >= 4 is 17.6 Å². The maximum atomic E-state index is 11.2. The zero-order valence-corrected chi connectivity index (χ0v) is 9.82. The molecule has 1 aromatic carbocycles. The quantitative estimate of drug-likeness (QED) is 0.402. The van der Waals surface area contributed by atoms with Crippen molar-refractivity contribution in [3.8, 4) is 5.75 Å². The van der Waals surface area contributed by atoms with Crippen molar-refractivity contribution in [2.24, 2.45) is 11.5 Å². The van der Waals surface area contributed by atoms with Crippen LogP contribution in [-0.2, 0) is 4.79 Å². The number of carbonyl (C=O) groups is 2. The number of rotatable bonds is 5. The van der Waals surface area contributed by atoms with E-state index in [0.717, 1.165) is 0 Å². The van der Waals surface area contributed by atoms with Crippen LogP contribution in [0.25, 0.3) is 0 Å². The molecule has 2 amide bonds. The lowest BCUT2D eigenvalue weighted by Gasteiger charge is -2.10. The van der Waals surface area contributed by atoms with Gasteiger partial charge in [-0.3, -0.25) is 15.0 Å². The second-order valence-electron chi connectivity index (χ2n) is 3.45. The summed E-state index contributed by atoms with van der Waals surface area (Å²) in [5.41, 5.74) is 11.0. The minimum Gasteiger partial charge on any atom is -0.483 e. The number of amidine groups is 1. The van der Waals surface area contributed by atoms with E-state index in [-0.39, 0.29) is 29.7 Å². The Labute approximate surface area is 104 Å². The first-order chi connectivity index (χ1) is 8.45. The third kappa shape index (κ3) is 3.21. The van der Waals surface area contributed by atoms with Crippen LogP contribution in [0.15, 0.2) is 18.2 Å². The Morgan fingerprint density at radius 1 is 1.39 bits per heavy atom. The second kappa shape index (κ2) is 5.67. The van der Waals surface area contributed by atoms with E-state index >= 15 is 0 Å². The Balaban J connectivity index is 3.03. The first-order valence-electron chi connectivity index (χ1n) is 5.07. The van der Waals surface area contributed by atoms with Gasteiger partial charge in [-0.15, -0.1) is 0 Å². The predicted octanol–water partition coefficient (Wildman–Crippen LogP) is -0.806. The molecule has 96 valence electrons. The molecule has 0 aliphatic heterocycles. The molecule has 7 heteroatoms. The smallest absolute Gasteiger partial charge is 0.257 e. The van der Waals surface area contributed by atoms with Gasteiger partial charge in [0.1, 0.15) is 11.6 Å². The second-order valence-corrected chi connectivity index (χ2v) is 3.45. The minimum absolute atomic E-state index is 0.124. The number of carbonyl (C=O) groups excluding carboxylic acids is 2. The summed E-state index contributed by atoms with van der Waals surface area (Å²) in [6.45, 7) is -0.252. The molecule has 0 saturated carbocycles. The van der Waals surface area contributed by atoms with Crippen molar-refractivity contribution in [2.45, 2.75) is 0 Å². The summed E-state index contributed by atoms with van der Waals surface area (Å²) >= 11 is 0. The van der Waals surface area contributed by atoms with Crippen molar-refractivity contribution in [1.82, 2.24) is 5.32 Å². The number of nitrogens with one attached hydrogen (secondary N) is 2. The SMILES string of the molecule is CNC(=O)COc1cc(C(=N)N)ccc1C(N)=O. The van der Waals surface area contributed by atoms with Gasteiger partial charge in [0, 0.05) is 12.6 Å². The summed E-state index contributed by atoms with van der Waals surface area (Å²) in [5.74, 6) is -1.08. The van der Waals surface area contributed by atoms with Crippen LogP contribution in [0.2, 0.25) is 0 Å². The van der Waals surface area contributed by atoms with Crippen molar-refractivity contribution in [2.75, 3.05) is 13.7 Å². The molecule has 0 aliphatic rings. The summed E-state index contributed by atoms with van der Waals surface area (Å²) < 4.78 is 5.18. The highest BCUT2D eigenvalue weighted by molar-refractivity contribution is 6.00. The molecule has 0 bridgehead atoms. The lowest BCUT2D eigenvalue weighted by Crippen LogP contribution is -2.26. The highest BCUT2D eigenvalue weighted by atomic mass is 16.5. The molecule has 1 rings (SSSR count). The van der Waals surface area contributed by atoms with Crippen LogP contribution < -0.4 is 21.5 Å². The van der Waals surface area contributed by atoms with Crippen LogP contribution in [0.5, 0.6) is 5.75 Å². The molecule has 18 heavy (non-hydrogen) atoms. The van der Waals surface area contributed by atoms with Gasteiger partial charge in [0.05, 0.1) is 5.56 Å². The molecule has 6 N–H and O–H groups in total. The van der Waals surface area contributed by atoms with E-state index in [0.29, 0.717) is 5.56 Å². The molecule has 0 unspecified atom stereocenters. The average Bonchev–Trinajstić information content (AvgIpc) is 2.35. The number of nitrogen functional groups attached to an aromatic ring is 1. The van der Waals surface area contributed by atoms with Crippen LogP contribution in [0.4, 0.5) is 0 Å². The molecule has 1 aromatic rings. The molecule has 0 heterocycles. The molecule has 0 saturated heterocycles. The van der Waals surface area contributed by atoms with Crippen LogP contribution in [-0.4, -0.2) is 31.3 Å². The van der Waals surface area contributed by atoms with Crippen molar-refractivity contribution in [1.29, 1.82) is 5.41 Å². The molecule has 0 aromatic heterocycles. The molecule has 0 fully saturated rings. The fourth-order valence-electron chi connectivity index (χ4n) is 1.23. The number of likely N-dealkylation sites (N-methyl/N-ethyl adjacent to an activating group) is 1. The maximum absolute atomic E-state index is 11.2. The fourth-order valence-corrected chi connectivity index (χ4v) is 1.23. The number of hydrogen-bond acceptors (Lipinski definition) is 4. The van der Waals surface area contributed by atoms with E-state index in [4.69, 9.17) is 21.6 Å². The average molecular weight is 250 g/mol. The molecule has 0 radical (unpaired) electrons. The summed E-state index contributed by atoms with van der Waals surface area (Å²) in [7, 11) is 1.46. The fraction of sp³-hybridized carbons (Fsp3) is 0.182. The number of amides is 2. The van der Waals surface area contributed by atoms with Crippen molar-refractivity contribution in [3.05, 3.63) is 29.3 Å². The Kier molecular flexibility index (Phi) is 4.25. The zero-order chi connectivity index (χ0) is 13.7. The van der Waals surface area contributed by atoms with Crippen LogP contribution >= 0.6 is 0 Å². The van der Waals surface area contributed by atoms with E-state index in [2.05, 4.69) is 5.32 Å². The Hall–Kier alpha value is -2.57. The molecule has 0 spiro atoms. The highest BCUT2D eigenvalue weighted by Crippen LogP contribution is 2.20. The Bertz CT molecular complexity index is 499. The van der Waals surface area contributed by atoms with Gasteiger partial charge < -0.3 is 21.5 Å². The highest BCUT2D eigenvalue weighted by Gasteiger charge is 2.12. The van der Waals surface area contributed by atoms with Gasteiger partial charge in [0.25, 0.3) is 11.8 Å². The Morgan fingerprint density at radius 3 is 2.56 bits per heavy atom. The van der Waals surface area contributed by atoms with Gasteiger partial charge in [-0.25, -0.2) is 0 Å². The molecular weight excluding hydrogens is 236 g/mol. The van der Waals surface area contributed by atoms with Gasteiger partial charge in [-0.05, 0) is 12.1 Å². The van der Waals surface area contributed by atoms with E-state index in [1.807, 2.05) is 0 Å². The zero-order valence-electron chi connectivity index (χ0n) is 9.82. The van der Waals surface area contributed by atoms with Gasteiger partial charge in [0.2, 0.25) is 0 Å². The lowest BCUT2D eigenvalue weighted by molar-refractivity contribution is -0.122. The largest absolute Gasteiger partial charge is 0.483 e. The van der Waals surface area contributed by atoms with E-state index < -0.39 is 5.91 Å². The third-order valence-corrected chi connectivity index (χ3v) is 2.20. The number of primary amides is 1. The van der Waals surface area contributed by atoms with Crippen LogP contribution in [0.3, 0.4) is 0 Å². The van der Waals surface area contributed by atoms with Gasteiger partial charge in [-0.1, -0.05) is 6.07 Å². The summed E-state index contributed by atoms with van der Waals surface area (Å²) in [4.78, 5) is 22.2. The number of nitrogens with two attached hydrogens (primary N) is 2. The molecular formula is C11H14N4O3. The van der Waals surface area contributed by atoms with E-state index in [9.17, 15) is 9.59 Å². The van der Waals surface area contributed by atoms with Crippen LogP contribution in [0.1, 0.15) is 15.9 Å². The maximum Gasteiger partial charge on any atom is 0.257 e. The van der Waals surface area contributed by atoms with Gasteiger partial charge >= 0.3 is 0 Å². The third-order valence-electron chi connectivity index (χ3n) is 2.20. The van der Waals surface area contributed by atoms with E-state index in [1.54, 1.807) is 0 Å². The van der Waals surface area contributed by atoms with Gasteiger partial charge in [0.15, 0.2) is 6.61 Å². The van der Waals surface area contributed by atoms with Crippen molar-refractivity contribution in [3.63, 3.8) is 0 Å². The van der Waals surface area contributed by atoms with Crippen LogP contribution in [0, 0.1) is 5.41 Å². The first kappa shape index (κ1) is 13.5. The lowest BCUT2D eigenvalue weighted by atomic mass is 10.1. The van der Waals surface area contributed by atoms with Gasteiger partial charge in [-0.2, -0.15) is 0 Å². The summed E-state index contributed by atoms with van der Waals surface area (Å²) in [5, 5.41) is 9.66. The minimum atomic E-state index is -0.683. The van der Waals surface area contributed by atoms with E-state index in [1.165, 1.54) is 25.2 Å². The number of ether oxygens (including phenoxy) is 1. The number of hydrogen-bond donors (Lipinski definition) is 4. The molecule has 0 aliphatic carbocycles. The standard InChI is InChI=1S/C11H14N4O3/c1-15-9(16)5-18-8-4-6(10(12)13)2-3-7(8)11(14)17/h2-4H,5H2,1H3,(H3,12,13)(H2,14,17)(H,15,16). The topological polar surface area (TPSA) is 131 Å². The van der Waals surface area contributed by atoms with Crippen molar-refractivity contribution < 1.29 is 14.3 Å². The normalized spacial score (nSPS) is 9.61. The first-order valence-corrected chi connectivity index (χ1v) is 5.07. The Morgan fingerprint density at radius 2 is 2.06 bits per heavy atom. The summed E-state index contributed by atoms with van der Waals surface area (Å²) in [6.07, 6.45) is 0. The summed E-state index contributed by atoms with van der Waals surface area (Å²) in [6, 6.07) is 4.28.